The topological polar surface area (TPSA) is 56.3 Å². The molecule has 0 aliphatic heterocycles. The van der Waals surface area contributed by atoms with Crippen LogP contribution in [-0.2, 0) is 11.3 Å². The smallest absolute Gasteiger partial charge is 0.139 e. The highest BCUT2D eigenvalue weighted by molar-refractivity contribution is 7.17. The molecule has 0 amide bonds. The van der Waals surface area contributed by atoms with Crippen LogP contribution in [0.4, 0.5) is 5.82 Å². The normalized spacial score (nSPS) is 19.8. The molecule has 0 spiro atoms. The van der Waals surface area contributed by atoms with Crippen molar-refractivity contribution in [2.24, 2.45) is 11.8 Å². The number of anilines is 1. The third-order valence-electron chi connectivity index (χ3n) is 5.07. The van der Waals surface area contributed by atoms with Gasteiger partial charge in [0.1, 0.15) is 22.7 Å². The van der Waals surface area contributed by atoms with Crippen molar-refractivity contribution >= 4 is 39.0 Å². The summed E-state index contributed by atoms with van der Waals surface area (Å²) in [5.74, 6) is 2.86. The summed E-state index contributed by atoms with van der Waals surface area (Å²) in [5, 5.41) is 7.06. The molecule has 3 atom stereocenters. The van der Waals surface area contributed by atoms with Crippen LogP contribution in [0.15, 0.2) is 36.0 Å². The molecule has 1 saturated carbocycles. The van der Waals surface area contributed by atoms with Gasteiger partial charge in [-0.2, -0.15) is 0 Å². The molecule has 1 aliphatic carbocycles. The number of benzene rings is 1. The summed E-state index contributed by atoms with van der Waals surface area (Å²) in [4.78, 5) is 9.59. The number of thiophene rings is 1. The first-order valence-corrected chi connectivity index (χ1v) is 10.3. The number of fused-ring (bicyclic) bond motifs is 1. The lowest BCUT2D eigenvalue weighted by atomic mass is 10.1. The molecule has 2 aromatic heterocycles. The van der Waals surface area contributed by atoms with Crippen molar-refractivity contribution in [3.8, 4) is 5.75 Å². The second kappa shape index (κ2) is 8.00. The van der Waals surface area contributed by atoms with Gasteiger partial charge in [0.15, 0.2) is 0 Å². The second-order valence-electron chi connectivity index (χ2n) is 6.94. The van der Waals surface area contributed by atoms with E-state index in [9.17, 15) is 0 Å². The Labute approximate surface area is 167 Å². The summed E-state index contributed by atoms with van der Waals surface area (Å²) >= 11 is 7.83. The maximum absolute atomic E-state index is 6.29. The lowest BCUT2D eigenvalue weighted by Gasteiger charge is -2.15. The van der Waals surface area contributed by atoms with Gasteiger partial charge < -0.3 is 14.8 Å². The number of nitrogens with zero attached hydrogens (tertiary/aromatic N) is 2. The Bertz CT molecular complexity index is 915. The summed E-state index contributed by atoms with van der Waals surface area (Å²) < 4.78 is 11.1. The van der Waals surface area contributed by atoms with Crippen molar-refractivity contribution in [3.63, 3.8) is 0 Å². The number of aromatic nitrogens is 2. The first-order valence-electron chi connectivity index (χ1n) is 9.00. The largest absolute Gasteiger partial charge is 0.497 e. The molecule has 1 aliphatic rings. The van der Waals surface area contributed by atoms with Crippen LogP contribution in [0.5, 0.6) is 5.75 Å². The van der Waals surface area contributed by atoms with Crippen LogP contribution in [0.3, 0.4) is 0 Å². The molecular weight excluding hydrogens is 382 g/mol. The zero-order valence-electron chi connectivity index (χ0n) is 15.3. The van der Waals surface area contributed by atoms with Gasteiger partial charge in [-0.25, -0.2) is 9.97 Å². The molecule has 1 fully saturated rings. The maximum atomic E-state index is 6.29. The van der Waals surface area contributed by atoms with Crippen molar-refractivity contribution in [3.05, 3.63) is 46.6 Å². The SMILES string of the molecule is COc1ccc(COCC2CC2C(C)Nc2ncnc3scc(Cl)c23)cc1. The molecule has 142 valence electrons. The van der Waals surface area contributed by atoms with Gasteiger partial charge in [-0.3, -0.25) is 0 Å². The van der Waals surface area contributed by atoms with Crippen LogP contribution in [0.25, 0.3) is 10.2 Å². The molecular formula is C20H22ClN3O2S. The van der Waals surface area contributed by atoms with E-state index in [-0.39, 0.29) is 0 Å². The number of hydrogen-bond donors (Lipinski definition) is 1. The lowest BCUT2D eigenvalue weighted by molar-refractivity contribution is 0.107. The molecule has 5 nitrogen and oxygen atoms in total. The van der Waals surface area contributed by atoms with Gasteiger partial charge in [0.25, 0.3) is 0 Å². The van der Waals surface area contributed by atoms with E-state index >= 15 is 0 Å². The average molecular weight is 404 g/mol. The first-order chi connectivity index (χ1) is 13.2. The number of rotatable bonds is 8. The third kappa shape index (κ3) is 4.18. The number of methoxy groups -OCH3 is 1. The fraction of sp³-hybridized carbons (Fsp3) is 0.400. The number of halogens is 1. The van der Waals surface area contributed by atoms with Gasteiger partial charge in [0, 0.05) is 11.4 Å². The molecule has 4 rings (SSSR count). The fourth-order valence-corrected chi connectivity index (χ4v) is 4.53. The molecule has 0 saturated heterocycles. The van der Waals surface area contributed by atoms with Gasteiger partial charge in [-0.1, -0.05) is 23.7 Å². The van der Waals surface area contributed by atoms with E-state index in [2.05, 4.69) is 22.2 Å². The van der Waals surface area contributed by atoms with E-state index in [1.807, 2.05) is 29.6 Å². The Morgan fingerprint density at radius 1 is 1.30 bits per heavy atom. The Kier molecular flexibility index (Phi) is 5.48. The molecule has 2 heterocycles. The standard InChI is InChI=1S/C20H22ClN3O2S/c1-12(24-19-18-17(21)10-27-20(18)23-11-22-19)16-7-14(16)9-26-8-13-3-5-15(25-2)6-4-13/h3-6,10-12,14,16H,7-9H2,1-2H3,(H,22,23,24). The van der Waals surface area contributed by atoms with Crippen molar-refractivity contribution in [2.75, 3.05) is 19.0 Å². The zero-order chi connectivity index (χ0) is 18.8. The monoisotopic (exact) mass is 403 g/mol. The Hall–Kier alpha value is -1.89. The first kappa shape index (κ1) is 18.5. The molecule has 0 radical (unpaired) electrons. The van der Waals surface area contributed by atoms with Gasteiger partial charge in [-0.15, -0.1) is 11.3 Å². The average Bonchev–Trinajstić information content (AvgIpc) is 3.37. The summed E-state index contributed by atoms with van der Waals surface area (Å²) in [6.07, 6.45) is 2.76. The van der Waals surface area contributed by atoms with E-state index in [1.54, 1.807) is 24.8 Å². The molecule has 3 aromatic rings. The van der Waals surface area contributed by atoms with Crippen molar-refractivity contribution < 1.29 is 9.47 Å². The fourth-order valence-electron chi connectivity index (χ4n) is 3.40. The van der Waals surface area contributed by atoms with Crippen molar-refractivity contribution in [1.29, 1.82) is 0 Å². The Balaban J connectivity index is 1.27. The van der Waals surface area contributed by atoms with E-state index in [4.69, 9.17) is 21.1 Å². The van der Waals surface area contributed by atoms with Crippen LogP contribution in [0.1, 0.15) is 18.9 Å². The molecule has 0 bridgehead atoms. The highest BCUT2D eigenvalue weighted by Gasteiger charge is 2.41. The van der Waals surface area contributed by atoms with Crippen LogP contribution < -0.4 is 10.1 Å². The van der Waals surface area contributed by atoms with Gasteiger partial charge >= 0.3 is 0 Å². The zero-order valence-corrected chi connectivity index (χ0v) is 16.9. The van der Waals surface area contributed by atoms with Crippen molar-refractivity contribution in [1.82, 2.24) is 9.97 Å². The summed E-state index contributed by atoms with van der Waals surface area (Å²) in [6, 6.07) is 8.32. The molecule has 1 N–H and O–H groups in total. The highest BCUT2D eigenvalue weighted by atomic mass is 35.5. The number of nitrogens with one attached hydrogen (secondary N) is 1. The van der Waals surface area contributed by atoms with E-state index in [1.165, 1.54) is 6.42 Å². The van der Waals surface area contributed by atoms with E-state index in [0.29, 0.717) is 29.5 Å². The van der Waals surface area contributed by atoms with Gasteiger partial charge in [0.2, 0.25) is 0 Å². The highest BCUT2D eigenvalue weighted by Crippen LogP contribution is 2.43. The van der Waals surface area contributed by atoms with Crippen LogP contribution in [0.2, 0.25) is 5.02 Å². The van der Waals surface area contributed by atoms with Crippen molar-refractivity contribution in [2.45, 2.75) is 26.0 Å². The van der Waals surface area contributed by atoms with Crippen LogP contribution in [0, 0.1) is 11.8 Å². The number of ether oxygens (including phenoxy) is 2. The predicted octanol–water partition coefficient (Wildman–Crippen LogP) is 5.01. The minimum atomic E-state index is 0.314. The summed E-state index contributed by atoms with van der Waals surface area (Å²) in [5.41, 5.74) is 1.16. The lowest BCUT2D eigenvalue weighted by Crippen LogP contribution is -2.20. The summed E-state index contributed by atoms with van der Waals surface area (Å²) in [7, 11) is 1.67. The molecule has 3 unspecified atom stereocenters. The predicted molar refractivity (Wildman–Crippen MR) is 110 cm³/mol. The Morgan fingerprint density at radius 2 is 2.11 bits per heavy atom. The minimum absolute atomic E-state index is 0.314. The Morgan fingerprint density at radius 3 is 2.89 bits per heavy atom. The molecule has 1 aromatic carbocycles. The van der Waals surface area contributed by atoms with Crippen LogP contribution in [-0.4, -0.2) is 29.7 Å². The summed E-state index contributed by atoms with van der Waals surface area (Å²) in [6.45, 7) is 3.61. The van der Waals surface area contributed by atoms with Crippen LogP contribution >= 0.6 is 22.9 Å². The number of hydrogen-bond acceptors (Lipinski definition) is 6. The van der Waals surface area contributed by atoms with Gasteiger partial charge in [0.05, 0.1) is 30.7 Å². The maximum Gasteiger partial charge on any atom is 0.139 e. The second-order valence-corrected chi connectivity index (χ2v) is 8.21. The quantitative estimate of drug-likeness (QED) is 0.573. The van der Waals surface area contributed by atoms with Gasteiger partial charge in [-0.05, 0) is 42.9 Å². The minimum Gasteiger partial charge on any atom is -0.497 e. The van der Waals surface area contributed by atoms with E-state index < -0.39 is 0 Å². The third-order valence-corrected chi connectivity index (χ3v) is 6.38. The molecule has 7 heteroatoms. The molecule has 27 heavy (non-hydrogen) atoms. The van der Waals surface area contributed by atoms with E-state index in [0.717, 1.165) is 34.0 Å².